The van der Waals surface area contributed by atoms with Gasteiger partial charge in [-0.05, 0) is 43.9 Å². The van der Waals surface area contributed by atoms with E-state index in [1.54, 1.807) is 11.3 Å². The molecule has 1 amide bonds. The van der Waals surface area contributed by atoms with Crippen molar-refractivity contribution < 1.29 is 4.79 Å². The Morgan fingerprint density at radius 2 is 2.00 bits per heavy atom. The third kappa shape index (κ3) is 2.18. The number of amides is 1. The van der Waals surface area contributed by atoms with Gasteiger partial charge in [-0.2, -0.15) is 0 Å². The van der Waals surface area contributed by atoms with Crippen LogP contribution in [0.4, 0.5) is 5.82 Å². The lowest BCUT2D eigenvalue weighted by Crippen LogP contribution is -2.13. The van der Waals surface area contributed by atoms with Crippen LogP contribution in [0.2, 0.25) is 0 Å². The highest BCUT2D eigenvalue weighted by Crippen LogP contribution is 2.39. The number of anilines is 1. The monoisotopic (exact) mass is 309 g/mol. The minimum absolute atomic E-state index is 0.127. The van der Waals surface area contributed by atoms with Crippen LogP contribution in [0.5, 0.6) is 0 Å². The van der Waals surface area contributed by atoms with Gasteiger partial charge in [-0.15, -0.1) is 11.3 Å². The van der Waals surface area contributed by atoms with E-state index in [1.807, 2.05) is 31.2 Å². The lowest BCUT2D eigenvalue weighted by Gasteiger charge is -2.07. The molecule has 1 aromatic carbocycles. The predicted molar refractivity (Wildman–Crippen MR) is 88.6 cm³/mol. The molecule has 1 aliphatic carbocycles. The number of carbonyl (C=O) groups is 1. The number of fused-ring (bicyclic) bond motifs is 3. The van der Waals surface area contributed by atoms with E-state index >= 15 is 0 Å². The quantitative estimate of drug-likeness (QED) is 0.784. The van der Waals surface area contributed by atoms with Crippen molar-refractivity contribution in [2.24, 2.45) is 0 Å². The summed E-state index contributed by atoms with van der Waals surface area (Å²) in [5.74, 6) is 0.507. The lowest BCUT2D eigenvalue weighted by molar-refractivity contribution is 0.102. The molecule has 4 nitrogen and oxygen atoms in total. The van der Waals surface area contributed by atoms with Crippen LogP contribution in [0, 0.1) is 6.92 Å². The smallest absolute Gasteiger partial charge is 0.256 e. The molecule has 5 heteroatoms. The number of thiophene rings is 1. The van der Waals surface area contributed by atoms with E-state index < -0.39 is 0 Å². The number of aryl methyl sites for hydroxylation is 3. The number of carbonyl (C=O) groups excluding carboxylic acids is 1. The minimum atomic E-state index is -0.127. The molecule has 1 N–H and O–H groups in total. The van der Waals surface area contributed by atoms with Crippen LogP contribution in [0.1, 0.15) is 32.8 Å². The molecule has 0 atom stereocenters. The van der Waals surface area contributed by atoms with Gasteiger partial charge in [0.2, 0.25) is 0 Å². The Morgan fingerprint density at radius 1 is 1.18 bits per heavy atom. The van der Waals surface area contributed by atoms with Gasteiger partial charge in [0.05, 0.1) is 5.39 Å². The zero-order chi connectivity index (χ0) is 15.1. The molecular weight excluding hydrogens is 294 g/mol. The zero-order valence-corrected chi connectivity index (χ0v) is 13.0. The fourth-order valence-electron chi connectivity index (χ4n) is 2.91. The average molecular weight is 309 g/mol. The first-order valence-electron chi connectivity index (χ1n) is 7.35. The van der Waals surface area contributed by atoms with E-state index in [1.165, 1.54) is 23.2 Å². The van der Waals surface area contributed by atoms with Crippen molar-refractivity contribution in [3.63, 3.8) is 0 Å². The Bertz CT molecular complexity index is 867. The Hall–Kier alpha value is -2.27. The first-order chi connectivity index (χ1) is 10.7. The predicted octanol–water partition coefficient (Wildman–Crippen LogP) is 3.74. The van der Waals surface area contributed by atoms with Gasteiger partial charge in [-0.25, -0.2) is 9.97 Å². The summed E-state index contributed by atoms with van der Waals surface area (Å²) in [5, 5.41) is 3.98. The Balaban J connectivity index is 1.72. The molecule has 0 saturated heterocycles. The van der Waals surface area contributed by atoms with E-state index in [0.29, 0.717) is 11.4 Å². The Labute approximate surface area is 132 Å². The summed E-state index contributed by atoms with van der Waals surface area (Å²) in [5.41, 5.74) is 3.10. The zero-order valence-electron chi connectivity index (χ0n) is 12.2. The van der Waals surface area contributed by atoms with Gasteiger partial charge in [0.1, 0.15) is 17.0 Å². The van der Waals surface area contributed by atoms with Crippen molar-refractivity contribution in [3.05, 3.63) is 52.2 Å². The second-order valence-corrected chi connectivity index (χ2v) is 6.66. The molecule has 2 heterocycles. The van der Waals surface area contributed by atoms with E-state index in [2.05, 4.69) is 15.3 Å². The minimum Gasteiger partial charge on any atom is -0.306 e. The first kappa shape index (κ1) is 13.4. The van der Waals surface area contributed by atoms with Crippen LogP contribution in [0.25, 0.3) is 10.2 Å². The van der Waals surface area contributed by atoms with Gasteiger partial charge in [-0.3, -0.25) is 4.79 Å². The van der Waals surface area contributed by atoms with Crippen molar-refractivity contribution in [3.8, 4) is 0 Å². The number of hydrogen-bond acceptors (Lipinski definition) is 4. The summed E-state index contributed by atoms with van der Waals surface area (Å²) in [6.45, 7) is 2.00. The Morgan fingerprint density at radius 3 is 2.82 bits per heavy atom. The van der Waals surface area contributed by atoms with Gasteiger partial charge < -0.3 is 5.32 Å². The summed E-state index contributed by atoms with van der Waals surface area (Å²) in [6, 6.07) is 7.54. The fourth-order valence-corrected chi connectivity index (χ4v) is 4.14. The molecule has 1 aliphatic rings. The number of hydrogen-bond donors (Lipinski definition) is 1. The summed E-state index contributed by atoms with van der Waals surface area (Å²) < 4.78 is 0. The van der Waals surface area contributed by atoms with Gasteiger partial charge in [0.15, 0.2) is 0 Å². The number of nitrogens with one attached hydrogen (secondary N) is 1. The maximum absolute atomic E-state index is 12.4. The SMILES string of the molecule is Cc1ccc(C(=O)Nc2ncnc3sc4c(c23)CCC4)cc1. The summed E-state index contributed by atoms with van der Waals surface area (Å²) in [4.78, 5) is 23.4. The summed E-state index contributed by atoms with van der Waals surface area (Å²) in [6.07, 6.45) is 4.87. The van der Waals surface area contributed by atoms with E-state index in [-0.39, 0.29) is 5.91 Å². The molecule has 2 aromatic heterocycles. The number of nitrogens with zero attached hydrogens (tertiary/aromatic N) is 2. The summed E-state index contributed by atoms with van der Waals surface area (Å²) in [7, 11) is 0. The van der Waals surface area contributed by atoms with Crippen molar-refractivity contribution in [1.82, 2.24) is 9.97 Å². The van der Waals surface area contributed by atoms with Crippen molar-refractivity contribution >= 4 is 33.3 Å². The highest BCUT2D eigenvalue weighted by atomic mass is 32.1. The van der Waals surface area contributed by atoms with Crippen molar-refractivity contribution in [1.29, 1.82) is 0 Å². The maximum Gasteiger partial charge on any atom is 0.256 e. The molecule has 110 valence electrons. The van der Waals surface area contributed by atoms with Crippen LogP contribution < -0.4 is 5.32 Å². The molecule has 0 fully saturated rings. The third-order valence-electron chi connectivity index (χ3n) is 4.05. The summed E-state index contributed by atoms with van der Waals surface area (Å²) >= 11 is 1.72. The van der Waals surface area contributed by atoms with Crippen LogP contribution in [0.3, 0.4) is 0 Å². The van der Waals surface area contributed by atoms with Gasteiger partial charge in [0, 0.05) is 10.4 Å². The topological polar surface area (TPSA) is 54.9 Å². The van der Waals surface area contributed by atoms with Crippen molar-refractivity contribution in [2.45, 2.75) is 26.2 Å². The van der Waals surface area contributed by atoms with Crippen LogP contribution in [0.15, 0.2) is 30.6 Å². The molecule has 0 radical (unpaired) electrons. The molecular formula is C17H15N3OS. The molecule has 0 unspecified atom stereocenters. The number of benzene rings is 1. The van der Waals surface area contributed by atoms with Crippen LogP contribution >= 0.6 is 11.3 Å². The van der Waals surface area contributed by atoms with Gasteiger partial charge in [-0.1, -0.05) is 17.7 Å². The highest BCUT2D eigenvalue weighted by Gasteiger charge is 2.22. The largest absolute Gasteiger partial charge is 0.306 e. The fraction of sp³-hybridized carbons (Fsp3) is 0.235. The number of aromatic nitrogens is 2. The third-order valence-corrected chi connectivity index (χ3v) is 5.25. The normalized spacial score (nSPS) is 13.3. The van der Waals surface area contributed by atoms with Gasteiger partial charge in [0.25, 0.3) is 5.91 Å². The average Bonchev–Trinajstić information content (AvgIpc) is 3.08. The second kappa shape index (κ2) is 5.18. The molecule has 0 saturated carbocycles. The molecule has 22 heavy (non-hydrogen) atoms. The molecule has 3 aromatic rings. The van der Waals surface area contributed by atoms with E-state index in [4.69, 9.17) is 0 Å². The first-order valence-corrected chi connectivity index (χ1v) is 8.17. The van der Waals surface area contributed by atoms with E-state index in [9.17, 15) is 4.79 Å². The van der Waals surface area contributed by atoms with Gasteiger partial charge >= 0.3 is 0 Å². The van der Waals surface area contributed by atoms with Crippen molar-refractivity contribution in [2.75, 3.05) is 5.32 Å². The number of rotatable bonds is 2. The second-order valence-electron chi connectivity index (χ2n) is 5.58. The van der Waals surface area contributed by atoms with Crippen LogP contribution in [-0.2, 0) is 12.8 Å². The molecule has 0 bridgehead atoms. The molecule has 4 rings (SSSR count). The standard InChI is InChI=1S/C17H15N3OS/c1-10-5-7-11(8-6-10)16(21)20-15-14-12-3-2-4-13(12)22-17(14)19-9-18-15/h5-9H,2-4H2,1H3,(H,18,19,20,21). The van der Waals surface area contributed by atoms with Crippen LogP contribution in [-0.4, -0.2) is 15.9 Å². The molecule has 0 aliphatic heterocycles. The maximum atomic E-state index is 12.4. The highest BCUT2D eigenvalue weighted by molar-refractivity contribution is 7.19. The van der Waals surface area contributed by atoms with E-state index in [0.717, 1.165) is 28.6 Å². The molecule has 0 spiro atoms. The Kier molecular flexibility index (Phi) is 3.15. The lowest BCUT2D eigenvalue weighted by atomic mass is 10.1.